The van der Waals surface area contributed by atoms with Gasteiger partial charge in [0.15, 0.2) is 0 Å². The van der Waals surface area contributed by atoms with E-state index in [4.69, 9.17) is 16.3 Å². The molecule has 19 heavy (non-hydrogen) atoms. The molecule has 1 aromatic rings. The number of phenolic OH excluding ortho intramolecular Hbond substituents is 1. The summed E-state index contributed by atoms with van der Waals surface area (Å²) in [5.41, 5.74) is 0.384. The Bertz CT molecular complexity index is 509. The zero-order chi connectivity index (χ0) is 14.3. The first-order chi connectivity index (χ1) is 8.74. The monoisotopic (exact) mass is 303 g/mol. The minimum absolute atomic E-state index is 0.0396. The summed E-state index contributed by atoms with van der Waals surface area (Å²) in [4.78, 5) is 0. The normalized spacial score (nSPS) is 19.8. The van der Waals surface area contributed by atoms with Gasteiger partial charge in [0.1, 0.15) is 11.3 Å². The van der Waals surface area contributed by atoms with Crippen LogP contribution in [0.1, 0.15) is 26.3 Å². The number of hydrogen-bond donors (Lipinski definition) is 2. The molecule has 1 fully saturated rings. The predicted octanol–water partition coefficient (Wildman–Crippen LogP) is 2.32. The molecular formula is C13H18ClNO3S. The van der Waals surface area contributed by atoms with Crippen LogP contribution in [0.3, 0.4) is 0 Å². The Morgan fingerprint density at radius 1 is 1.42 bits per heavy atom. The number of aromatic hydroxyl groups is 1. The van der Waals surface area contributed by atoms with Crippen LogP contribution in [0.15, 0.2) is 18.2 Å². The molecule has 0 aromatic heterocycles. The van der Waals surface area contributed by atoms with Gasteiger partial charge in [-0.2, -0.15) is 0 Å². The van der Waals surface area contributed by atoms with Crippen molar-refractivity contribution in [3.8, 4) is 5.75 Å². The average molecular weight is 304 g/mol. The van der Waals surface area contributed by atoms with Gasteiger partial charge >= 0.3 is 0 Å². The van der Waals surface area contributed by atoms with Crippen LogP contribution in [0.4, 0.5) is 0 Å². The summed E-state index contributed by atoms with van der Waals surface area (Å²) in [6, 6.07) is 5.00. The average Bonchev–Trinajstić information content (AvgIpc) is 2.26. The SMILES string of the molecule is CC(C)(C)S(=O)NC1(c2ccc(O)c(Cl)c2)COC1. The summed E-state index contributed by atoms with van der Waals surface area (Å²) in [5, 5.41) is 9.75. The van der Waals surface area contributed by atoms with E-state index in [9.17, 15) is 9.32 Å². The van der Waals surface area contributed by atoms with Crippen LogP contribution in [-0.4, -0.2) is 27.3 Å². The van der Waals surface area contributed by atoms with Gasteiger partial charge in [0.2, 0.25) is 0 Å². The lowest BCUT2D eigenvalue weighted by Crippen LogP contribution is -2.59. The number of nitrogens with one attached hydrogen (secondary N) is 1. The van der Waals surface area contributed by atoms with Crippen molar-refractivity contribution in [1.82, 2.24) is 4.72 Å². The third kappa shape index (κ3) is 2.94. The highest BCUT2D eigenvalue weighted by Gasteiger charge is 2.43. The smallest absolute Gasteiger partial charge is 0.134 e. The van der Waals surface area contributed by atoms with Crippen LogP contribution in [0.5, 0.6) is 5.75 Å². The van der Waals surface area contributed by atoms with Gasteiger partial charge in [0, 0.05) is 0 Å². The molecule has 0 spiro atoms. The number of ether oxygens (including phenoxy) is 1. The number of phenols is 1. The van der Waals surface area contributed by atoms with E-state index in [1.807, 2.05) is 20.8 Å². The maximum Gasteiger partial charge on any atom is 0.134 e. The lowest BCUT2D eigenvalue weighted by molar-refractivity contribution is -0.0659. The summed E-state index contributed by atoms with van der Waals surface area (Å²) >= 11 is 5.93. The molecule has 6 heteroatoms. The van der Waals surface area contributed by atoms with Gasteiger partial charge in [-0.3, -0.25) is 0 Å². The van der Waals surface area contributed by atoms with E-state index in [2.05, 4.69) is 4.72 Å². The van der Waals surface area contributed by atoms with Gasteiger partial charge in [-0.15, -0.1) is 0 Å². The largest absolute Gasteiger partial charge is 0.506 e. The quantitative estimate of drug-likeness (QED) is 0.901. The van der Waals surface area contributed by atoms with Crippen molar-refractivity contribution in [2.75, 3.05) is 13.2 Å². The minimum Gasteiger partial charge on any atom is -0.506 e. The molecule has 1 saturated heterocycles. The third-order valence-corrected chi connectivity index (χ3v) is 5.03. The number of rotatable bonds is 3. The fraction of sp³-hybridized carbons (Fsp3) is 0.538. The molecule has 106 valence electrons. The molecule has 1 aliphatic rings. The molecule has 1 unspecified atom stereocenters. The molecule has 2 N–H and O–H groups in total. The molecule has 4 nitrogen and oxygen atoms in total. The van der Waals surface area contributed by atoms with Gasteiger partial charge in [-0.1, -0.05) is 17.7 Å². The van der Waals surface area contributed by atoms with Gasteiger partial charge in [0.05, 0.1) is 34.0 Å². The Hall–Kier alpha value is -0.620. The predicted molar refractivity (Wildman–Crippen MR) is 76.6 cm³/mol. The Balaban J connectivity index is 2.28. The maximum atomic E-state index is 12.3. The Morgan fingerprint density at radius 3 is 2.47 bits per heavy atom. The van der Waals surface area contributed by atoms with Crippen molar-refractivity contribution in [2.24, 2.45) is 0 Å². The first kappa shape index (κ1) is 14.8. The standard InChI is InChI=1S/C13H18ClNO3S/c1-12(2,3)19(17)15-13(7-18-8-13)9-4-5-11(16)10(14)6-9/h4-6,15-16H,7-8H2,1-3H3. The third-order valence-electron chi connectivity index (χ3n) is 3.04. The molecule has 1 heterocycles. The molecule has 0 bridgehead atoms. The zero-order valence-electron chi connectivity index (χ0n) is 11.2. The van der Waals surface area contributed by atoms with E-state index in [0.717, 1.165) is 5.56 Å². The summed E-state index contributed by atoms with van der Waals surface area (Å²) in [6.45, 7) is 6.61. The van der Waals surface area contributed by atoms with Crippen LogP contribution in [0, 0.1) is 0 Å². The van der Waals surface area contributed by atoms with Gasteiger partial charge in [0.25, 0.3) is 0 Å². The zero-order valence-corrected chi connectivity index (χ0v) is 12.8. The second-order valence-electron chi connectivity index (χ2n) is 5.72. The summed E-state index contributed by atoms with van der Waals surface area (Å²) in [5.74, 6) is 0.0396. The van der Waals surface area contributed by atoms with Crippen molar-refractivity contribution >= 4 is 22.6 Å². The second-order valence-corrected chi connectivity index (χ2v) is 8.10. The molecule has 0 aliphatic carbocycles. The molecule has 1 atom stereocenters. The van der Waals surface area contributed by atoms with Crippen molar-refractivity contribution < 1.29 is 14.1 Å². The highest BCUT2D eigenvalue weighted by Crippen LogP contribution is 2.35. The van der Waals surface area contributed by atoms with Crippen LogP contribution in [-0.2, 0) is 21.3 Å². The highest BCUT2D eigenvalue weighted by atomic mass is 35.5. The Labute approximate surface area is 120 Å². The molecule has 0 saturated carbocycles. The number of hydrogen-bond acceptors (Lipinski definition) is 3. The molecular weight excluding hydrogens is 286 g/mol. The second kappa shape index (κ2) is 5.05. The van der Waals surface area contributed by atoms with Crippen LogP contribution in [0.2, 0.25) is 5.02 Å². The maximum absolute atomic E-state index is 12.3. The summed E-state index contributed by atoms with van der Waals surface area (Å²) in [7, 11) is -1.20. The molecule has 0 radical (unpaired) electrons. The summed E-state index contributed by atoms with van der Waals surface area (Å²) < 4.78 is 20.3. The summed E-state index contributed by atoms with van der Waals surface area (Å²) in [6.07, 6.45) is 0. The highest BCUT2D eigenvalue weighted by molar-refractivity contribution is 7.84. The molecule has 1 aliphatic heterocycles. The minimum atomic E-state index is -1.20. The van der Waals surface area contributed by atoms with E-state index >= 15 is 0 Å². The van der Waals surface area contributed by atoms with E-state index < -0.39 is 16.5 Å². The van der Waals surface area contributed by atoms with E-state index in [0.29, 0.717) is 13.2 Å². The fourth-order valence-electron chi connectivity index (χ4n) is 1.73. The Morgan fingerprint density at radius 2 is 2.05 bits per heavy atom. The molecule has 2 rings (SSSR count). The van der Waals surface area contributed by atoms with Crippen molar-refractivity contribution in [3.63, 3.8) is 0 Å². The van der Waals surface area contributed by atoms with E-state index in [-0.39, 0.29) is 15.5 Å². The van der Waals surface area contributed by atoms with Gasteiger partial charge in [-0.05, 0) is 38.5 Å². The van der Waals surface area contributed by atoms with Gasteiger partial charge < -0.3 is 9.84 Å². The number of halogens is 1. The Kier molecular flexibility index (Phi) is 3.93. The molecule has 1 aromatic carbocycles. The topological polar surface area (TPSA) is 58.6 Å². The lowest BCUT2D eigenvalue weighted by atomic mass is 9.89. The van der Waals surface area contributed by atoms with Crippen LogP contribution in [0.25, 0.3) is 0 Å². The first-order valence-electron chi connectivity index (χ1n) is 6.01. The van der Waals surface area contributed by atoms with E-state index in [1.165, 1.54) is 0 Å². The van der Waals surface area contributed by atoms with Crippen molar-refractivity contribution in [1.29, 1.82) is 0 Å². The van der Waals surface area contributed by atoms with Crippen molar-refractivity contribution in [2.45, 2.75) is 31.1 Å². The first-order valence-corrected chi connectivity index (χ1v) is 7.54. The lowest BCUT2D eigenvalue weighted by Gasteiger charge is -2.43. The van der Waals surface area contributed by atoms with Crippen molar-refractivity contribution in [3.05, 3.63) is 28.8 Å². The fourth-order valence-corrected chi connectivity index (χ4v) is 2.80. The van der Waals surface area contributed by atoms with Crippen LogP contribution >= 0.6 is 11.6 Å². The van der Waals surface area contributed by atoms with Crippen LogP contribution < -0.4 is 4.72 Å². The van der Waals surface area contributed by atoms with E-state index in [1.54, 1.807) is 18.2 Å². The van der Waals surface area contributed by atoms with Gasteiger partial charge in [-0.25, -0.2) is 8.93 Å². The molecule has 0 amide bonds. The number of benzene rings is 1.